The Morgan fingerprint density at radius 1 is 1.07 bits per heavy atom. The van der Waals surface area contributed by atoms with Gasteiger partial charge in [-0.05, 0) is 67.3 Å². The van der Waals surface area contributed by atoms with Crippen molar-refractivity contribution in [3.05, 3.63) is 93.0 Å². The third-order valence-electron chi connectivity index (χ3n) is 4.67. The van der Waals surface area contributed by atoms with E-state index in [4.69, 9.17) is 4.84 Å². The van der Waals surface area contributed by atoms with Crippen molar-refractivity contribution < 1.29 is 14.9 Å². The summed E-state index contributed by atoms with van der Waals surface area (Å²) in [5, 5.41) is 25.1. The lowest BCUT2D eigenvalue weighted by Gasteiger charge is -2.13. The molecule has 3 aromatic rings. The van der Waals surface area contributed by atoms with Crippen molar-refractivity contribution in [2.75, 3.05) is 0 Å². The van der Waals surface area contributed by atoms with E-state index in [1.54, 1.807) is 18.2 Å². The minimum absolute atomic E-state index is 0.0336. The molecule has 1 N–H and O–H groups in total. The standard InChI is InChI=1S/C23H22N2O4/c1-15-4-8-19(9-5-15)22-12-16(2)23(26)13-21(22)17(3)24-29-14-18-6-10-20(11-7-18)25(27)28/h4-13,26H,14H2,1-3H3/b24-17+. The number of rotatable bonds is 6. The predicted molar refractivity (Wildman–Crippen MR) is 113 cm³/mol. The summed E-state index contributed by atoms with van der Waals surface area (Å²) in [7, 11) is 0. The van der Waals surface area contributed by atoms with Crippen LogP contribution in [-0.2, 0) is 11.4 Å². The van der Waals surface area contributed by atoms with Gasteiger partial charge in [0.15, 0.2) is 0 Å². The number of phenols is 1. The van der Waals surface area contributed by atoms with Crippen molar-refractivity contribution in [3.63, 3.8) is 0 Å². The molecule has 0 bridgehead atoms. The second-order valence-electron chi connectivity index (χ2n) is 6.92. The van der Waals surface area contributed by atoms with E-state index in [1.807, 2.05) is 51.1 Å². The van der Waals surface area contributed by atoms with E-state index in [-0.39, 0.29) is 18.0 Å². The van der Waals surface area contributed by atoms with Crippen LogP contribution in [-0.4, -0.2) is 15.7 Å². The summed E-state index contributed by atoms with van der Waals surface area (Å²) in [6, 6.07) is 17.9. The molecule has 0 aliphatic heterocycles. The average molecular weight is 390 g/mol. The summed E-state index contributed by atoms with van der Waals surface area (Å²) in [5.41, 5.74) is 6.15. The molecule has 0 heterocycles. The minimum atomic E-state index is -0.441. The second kappa shape index (κ2) is 8.56. The van der Waals surface area contributed by atoms with E-state index in [9.17, 15) is 15.2 Å². The summed E-state index contributed by atoms with van der Waals surface area (Å²) in [6.07, 6.45) is 0. The first-order valence-electron chi connectivity index (χ1n) is 9.16. The molecule has 0 aliphatic rings. The SMILES string of the molecule is C/C(=N\OCc1ccc([N+](=O)[O-])cc1)c1cc(O)c(C)cc1-c1ccc(C)cc1. The Bertz CT molecular complexity index is 1060. The highest BCUT2D eigenvalue weighted by Crippen LogP contribution is 2.31. The highest BCUT2D eigenvalue weighted by molar-refractivity contribution is 6.04. The van der Waals surface area contributed by atoms with Gasteiger partial charge in [0.05, 0.1) is 10.6 Å². The summed E-state index contributed by atoms with van der Waals surface area (Å²) in [4.78, 5) is 15.7. The van der Waals surface area contributed by atoms with Crippen LogP contribution >= 0.6 is 0 Å². The average Bonchev–Trinajstić information content (AvgIpc) is 2.70. The molecule has 6 nitrogen and oxygen atoms in total. The van der Waals surface area contributed by atoms with E-state index >= 15 is 0 Å². The molecule has 0 saturated carbocycles. The zero-order chi connectivity index (χ0) is 21.0. The zero-order valence-electron chi connectivity index (χ0n) is 16.5. The summed E-state index contributed by atoms with van der Waals surface area (Å²) < 4.78 is 0. The van der Waals surface area contributed by atoms with Crippen LogP contribution in [0.3, 0.4) is 0 Å². The third-order valence-corrected chi connectivity index (χ3v) is 4.67. The molecular formula is C23H22N2O4. The zero-order valence-corrected chi connectivity index (χ0v) is 16.5. The lowest BCUT2D eigenvalue weighted by molar-refractivity contribution is -0.384. The van der Waals surface area contributed by atoms with Crippen molar-refractivity contribution in [3.8, 4) is 16.9 Å². The Hall–Kier alpha value is -3.67. The van der Waals surface area contributed by atoms with E-state index in [0.717, 1.165) is 27.8 Å². The second-order valence-corrected chi connectivity index (χ2v) is 6.92. The number of nitrogens with zero attached hydrogens (tertiary/aromatic N) is 2. The molecule has 0 fully saturated rings. The van der Waals surface area contributed by atoms with Crippen molar-refractivity contribution in [2.45, 2.75) is 27.4 Å². The molecule has 3 aromatic carbocycles. The van der Waals surface area contributed by atoms with Gasteiger partial charge in [0.2, 0.25) is 0 Å². The summed E-state index contributed by atoms with van der Waals surface area (Å²) in [5.74, 6) is 0.195. The fraction of sp³-hybridized carbons (Fsp3) is 0.174. The number of aryl methyl sites for hydroxylation is 2. The van der Waals surface area contributed by atoms with Gasteiger partial charge in [0.25, 0.3) is 5.69 Å². The van der Waals surface area contributed by atoms with Gasteiger partial charge in [-0.15, -0.1) is 0 Å². The fourth-order valence-corrected chi connectivity index (χ4v) is 2.93. The number of aromatic hydroxyl groups is 1. The van der Waals surface area contributed by atoms with Gasteiger partial charge in [-0.2, -0.15) is 0 Å². The minimum Gasteiger partial charge on any atom is -0.508 e. The van der Waals surface area contributed by atoms with Crippen LogP contribution in [0.5, 0.6) is 5.75 Å². The molecule has 3 rings (SSSR count). The van der Waals surface area contributed by atoms with Crippen LogP contribution < -0.4 is 0 Å². The van der Waals surface area contributed by atoms with Crippen LogP contribution in [0.15, 0.2) is 65.8 Å². The maximum Gasteiger partial charge on any atom is 0.269 e. The molecule has 6 heteroatoms. The number of benzene rings is 3. The molecule has 0 unspecified atom stereocenters. The van der Waals surface area contributed by atoms with Crippen LogP contribution in [0.1, 0.15) is 29.2 Å². The van der Waals surface area contributed by atoms with Gasteiger partial charge < -0.3 is 9.94 Å². The topological polar surface area (TPSA) is 85.0 Å². The van der Waals surface area contributed by atoms with E-state index in [0.29, 0.717) is 5.71 Å². The Morgan fingerprint density at radius 3 is 2.34 bits per heavy atom. The highest BCUT2D eigenvalue weighted by Gasteiger charge is 2.12. The Kier molecular flexibility index (Phi) is 5.93. The molecule has 0 amide bonds. The van der Waals surface area contributed by atoms with Crippen molar-refractivity contribution in [1.82, 2.24) is 0 Å². The smallest absolute Gasteiger partial charge is 0.269 e. The van der Waals surface area contributed by atoms with Gasteiger partial charge in [0, 0.05) is 17.7 Å². The maximum absolute atomic E-state index is 10.7. The Balaban J connectivity index is 1.83. The molecule has 0 radical (unpaired) electrons. The first-order chi connectivity index (χ1) is 13.8. The van der Waals surface area contributed by atoms with Crippen molar-refractivity contribution >= 4 is 11.4 Å². The normalized spacial score (nSPS) is 11.3. The Labute approximate surface area is 169 Å². The van der Waals surface area contributed by atoms with E-state index < -0.39 is 4.92 Å². The van der Waals surface area contributed by atoms with Crippen molar-refractivity contribution in [1.29, 1.82) is 0 Å². The first-order valence-corrected chi connectivity index (χ1v) is 9.16. The van der Waals surface area contributed by atoms with E-state index in [2.05, 4.69) is 5.16 Å². The maximum atomic E-state index is 10.7. The first kappa shape index (κ1) is 20.1. The predicted octanol–water partition coefficient (Wildman–Crippen LogP) is 5.53. The van der Waals surface area contributed by atoms with Crippen LogP contribution in [0.2, 0.25) is 0 Å². The quantitative estimate of drug-likeness (QED) is 0.341. The molecule has 148 valence electrons. The Morgan fingerprint density at radius 2 is 1.72 bits per heavy atom. The van der Waals surface area contributed by atoms with Crippen LogP contribution in [0.4, 0.5) is 5.69 Å². The lowest BCUT2D eigenvalue weighted by atomic mass is 9.94. The molecule has 0 aromatic heterocycles. The van der Waals surface area contributed by atoms with Gasteiger partial charge >= 0.3 is 0 Å². The molecular weight excluding hydrogens is 368 g/mol. The molecule has 0 saturated heterocycles. The number of oxime groups is 1. The molecule has 29 heavy (non-hydrogen) atoms. The number of hydrogen-bond donors (Lipinski definition) is 1. The van der Waals surface area contributed by atoms with Gasteiger partial charge in [-0.1, -0.05) is 35.0 Å². The largest absolute Gasteiger partial charge is 0.508 e. The van der Waals surface area contributed by atoms with Crippen LogP contribution in [0, 0.1) is 24.0 Å². The third kappa shape index (κ3) is 4.79. The number of nitro benzene ring substituents is 1. The summed E-state index contributed by atoms with van der Waals surface area (Å²) >= 11 is 0. The molecule has 0 spiro atoms. The van der Waals surface area contributed by atoms with Gasteiger partial charge in [-0.3, -0.25) is 10.1 Å². The van der Waals surface area contributed by atoms with Crippen molar-refractivity contribution in [2.24, 2.45) is 5.16 Å². The number of nitro groups is 1. The van der Waals surface area contributed by atoms with E-state index in [1.165, 1.54) is 17.7 Å². The van der Waals surface area contributed by atoms with Gasteiger partial charge in [-0.25, -0.2) is 0 Å². The highest BCUT2D eigenvalue weighted by atomic mass is 16.6. The van der Waals surface area contributed by atoms with Crippen LogP contribution in [0.25, 0.3) is 11.1 Å². The van der Waals surface area contributed by atoms with Gasteiger partial charge in [0.1, 0.15) is 12.4 Å². The lowest BCUT2D eigenvalue weighted by Crippen LogP contribution is -2.01. The fourth-order valence-electron chi connectivity index (χ4n) is 2.93. The number of phenolic OH excluding ortho intramolecular Hbond substituents is 1. The monoisotopic (exact) mass is 390 g/mol. The molecule has 0 aliphatic carbocycles. The number of hydrogen-bond acceptors (Lipinski definition) is 5. The molecule has 0 atom stereocenters. The number of non-ortho nitro benzene ring substituents is 1. The summed E-state index contributed by atoms with van der Waals surface area (Å²) in [6.45, 7) is 5.89.